The Balaban J connectivity index is -0.0000000383. The first-order chi connectivity index (χ1) is 4.15. The summed E-state index contributed by atoms with van der Waals surface area (Å²) in [5.41, 5.74) is 0. The van der Waals surface area contributed by atoms with Crippen molar-refractivity contribution in [3.8, 4) is 0 Å². The Kier molecular flexibility index (Phi) is 55.6. The number of hydrogen-bond acceptors (Lipinski definition) is 2. The molecule has 56 valence electrons. The summed E-state index contributed by atoms with van der Waals surface area (Å²) in [4.78, 5) is 12.7. The summed E-state index contributed by atoms with van der Waals surface area (Å²) in [5, 5.41) is 0. The van der Waals surface area contributed by atoms with Crippen LogP contribution in [0.1, 0.15) is 15.2 Å². The van der Waals surface area contributed by atoms with Crippen LogP contribution in [-0.2, 0) is 56.1 Å². The van der Waals surface area contributed by atoms with E-state index in [0.29, 0.717) is 6.54 Å². The average molecular weight is 254 g/mol. The van der Waals surface area contributed by atoms with Gasteiger partial charge in [-0.3, -0.25) is 0 Å². The van der Waals surface area contributed by atoms with Crippen LogP contribution in [0.2, 0.25) is 0 Å². The summed E-state index contributed by atoms with van der Waals surface area (Å²) < 4.78 is 5.94. The number of carbonyl (C=O) groups excluding carboxylic acids is 1. The van der Waals surface area contributed by atoms with Crippen molar-refractivity contribution in [1.29, 1.82) is 0 Å². The third kappa shape index (κ3) is 63.5. The zero-order valence-corrected chi connectivity index (χ0v) is 10.5. The number of aliphatic imine (C=N–C) groups is 1. The summed E-state index contributed by atoms with van der Waals surface area (Å²) in [7, 11) is 0. The van der Waals surface area contributed by atoms with Crippen molar-refractivity contribution < 1.29 is 57.4 Å². The molecule has 2 nitrogen and oxygen atoms in total. The molecule has 0 N–H and O–H groups in total. The molecule has 0 atom stereocenters. The quantitative estimate of drug-likeness (QED) is 0.389. The van der Waals surface area contributed by atoms with E-state index in [1.165, 1.54) is 6.92 Å². The van der Waals surface area contributed by atoms with Crippen LogP contribution in [0.15, 0.2) is 4.99 Å². The van der Waals surface area contributed by atoms with E-state index in [9.17, 15) is 0 Å². The predicted octanol–water partition coefficient (Wildman–Crippen LogP) is 0.988. The molecule has 4 heteroatoms. The topological polar surface area (TPSA) is 29.4 Å². The Morgan fingerprint density at radius 2 is 2.20 bits per heavy atom. The SMILES string of the molecule is [2H]C(C)=O.[CH2-]CN=[C-]C.[V].[Y]. The molecule has 10 heavy (non-hydrogen) atoms. The Morgan fingerprint density at radius 3 is 2.20 bits per heavy atom. The van der Waals surface area contributed by atoms with Crippen LogP contribution < -0.4 is 0 Å². The molecule has 0 aliphatic heterocycles. The Morgan fingerprint density at radius 1 is 1.90 bits per heavy atom. The minimum atomic E-state index is -0.583. The van der Waals surface area contributed by atoms with Crippen LogP contribution in [0.5, 0.6) is 0 Å². The van der Waals surface area contributed by atoms with E-state index in [0.717, 1.165) is 0 Å². The molecule has 0 saturated heterocycles. The fourth-order valence-corrected chi connectivity index (χ4v) is 0.112. The summed E-state index contributed by atoms with van der Waals surface area (Å²) >= 11 is 0. The summed E-state index contributed by atoms with van der Waals surface area (Å²) in [6.45, 7) is 7.00. The van der Waals surface area contributed by atoms with Crippen LogP contribution in [0.25, 0.3) is 0 Å². The van der Waals surface area contributed by atoms with E-state index < -0.39 is 6.26 Å². The van der Waals surface area contributed by atoms with Gasteiger partial charge in [0, 0.05) is 51.3 Å². The molecule has 2 radical (unpaired) electrons. The molecule has 0 aromatic heterocycles. The first-order valence-electron chi connectivity index (χ1n) is 2.74. The van der Waals surface area contributed by atoms with E-state index in [1.807, 2.05) is 0 Å². The molecule has 0 spiro atoms. The Hall–Kier alpha value is 1.03. The van der Waals surface area contributed by atoms with E-state index >= 15 is 0 Å². The predicted molar refractivity (Wildman–Crippen MR) is 35.1 cm³/mol. The van der Waals surface area contributed by atoms with Gasteiger partial charge in [0.15, 0.2) is 0 Å². The molecule has 0 unspecified atom stereocenters. The van der Waals surface area contributed by atoms with Crippen molar-refractivity contribution in [1.82, 2.24) is 0 Å². The third-order valence-corrected chi connectivity index (χ3v) is 0.270. The van der Waals surface area contributed by atoms with Crippen molar-refractivity contribution in [2.75, 3.05) is 6.54 Å². The normalized spacial score (nSPS) is 7.70. The summed E-state index contributed by atoms with van der Waals surface area (Å²) in [6, 6.07) is 0. The van der Waals surface area contributed by atoms with Crippen LogP contribution >= 0.6 is 0 Å². The summed E-state index contributed by atoms with van der Waals surface area (Å²) in [5.74, 6) is 0. The maximum Gasteiger partial charge on any atom is 0.116 e. The minimum absolute atomic E-state index is 0. The van der Waals surface area contributed by atoms with Crippen molar-refractivity contribution in [2.24, 2.45) is 4.99 Å². The maximum absolute atomic E-state index is 9.11. The van der Waals surface area contributed by atoms with E-state index in [-0.39, 0.29) is 51.3 Å². The fraction of sp³-hybridized carbons (Fsp3) is 0.500. The zero-order valence-electron chi connectivity index (χ0n) is 7.29. The van der Waals surface area contributed by atoms with Crippen molar-refractivity contribution >= 4 is 12.5 Å². The van der Waals surface area contributed by atoms with Gasteiger partial charge in [-0.1, -0.05) is 0 Å². The van der Waals surface area contributed by atoms with Gasteiger partial charge in [-0.2, -0.15) is 6.92 Å². The molecule has 0 aromatic rings. The van der Waals surface area contributed by atoms with Gasteiger partial charge in [-0.05, 0) is 6.92 Å². The molecular formula is C6H11NOVY-2. The molecule has 0 aliphatic rings. The number of carbonyl (C=O) groups is 1. The van der Waals surface area contributed by atoms with Gasteiger partial charge in [0.2, 0.25) is 0 Å². The van der Waals surface area contributed by atoms with Gasteiger partial charge < -0.3 is 22.9 Å². The Labute approximate surface area is 101 Å². The number of hydrogen-bond donors (Lipinski definition) is 0. The molecular weight excluding hydrogens is 242 g/mol. The van der Waals surface area contributed by atoms with Crippen molar-refractivity contribution in [2.45, 2.75) is 13.8 Å². The molecule has 0 aliphatic carbocycles. The minimum Gasteiger partial charge on any atom is -0.533 e. The number of aldehydes is 1. The van der Waals surface area contributed by atoms with E-state index in [2.05, 4.69) is 18.1 Å². The van der Waals surface area contributed by atoms with Gasteiger partial charge in [0.25, 0.3) is 0 Å². The molecule has 0 saturated carbocycles. The first kappa shape index (κ1) is 17.2. The Bertz CT molecular complexity index is 96.6. The first-order valence-corrected chi connectivity index (χ1v) is 2.24. The monoisotopic (exact) mass is 254 g/mol. The van der Waals surface area contributed by atoms with Crippen molar-refractivity contribution in [3.63, 3.8) is 0 Å². The van der Waals surface area contributed by atoms with Crippen LogP contribution in [0, 0.1) is 6.92 Å². The second-order valence-electron chi connectivity index (χ2n) is 0.809. The van der Waals surface area contributed by atoms with Crippen LogP contribution in [-0.4, -0.2) is 19.0 Å². The van der Waals surface area contributed by atoms with Crippen molar-refractivity contribution in [3.05, 3.63) is 6.92 Å². The standard InChI is InChI=1S/C4H7N.C2H4O.V.Y/c1-3-5-4-2;1-2-3;;/h1,3H2,2H3;2H,1H3;;/q-2;;;/i;2D;;. The molecule has 0 aromatic carbocycles. The second kappa shape index (κ2) is 32.3. The van der Waals surface area contributed by atoms with Gasteiger partial charge in [0.05, 0.1) is 0 Å². The second-order valence-corrected chi connectivity index (χ2v) is 0.809. The zero-order chi connectivity index (χ0) is 7.70. The number of rotatable bonds is 1. The summed E-state index contributed by atoms with van der Waals surface area (Å²) in [6.07, 6.45) is 2.00. The number of nitrogens with zero attached hydrogens (tertiary/aromatic N) is 1. The van der Waals surface area contributed by atoms with Gasteiger partial charge in [-0.15, -0.1) is 6.54 Å². The maximum atomic E-state index is 9.11. The molecule has 0 bridgehead atoms. The average Bonchev–Trinajstić information content (AvgIpc) is 1.66. The molecule has 0 rings (SSSR count). The van der Waals surface area contributed by atoms with Gasteiger partial charge in [-0.25, -0.2) is 0 Å². The van der Waals surface area contributed by atoms with Crippen LogP contribution in [0.4, 0.5) is 0 Å². The van der Waals surface area contributed by atoms with Crippen LogP contribution in [0.3, 0.4) is 0 Å². The van der Waals surface area contributed by atoms with E-state index in [1.54, 1.807) is 6.92 Å². The van der Waals surface area contributed by atoms with Gasteiger partial charge in [0.1, 0.15) is 7.63 Å². The fourth-order valence-electron chi connectivity index (χ4n) is 0.112. The smallest absolute Gasteiger partial charge is 0.116 e. The van der Waals surface area contributed by atoms with Gasteiger partial charge >= 0.3 is 0 Å². The molecule has 0 heterocycles. The molecule has 0 amide bonds. The largest absolute Gasteiger partial charge is 0.533 e. The third-order valence-electron chi connectivity index (χ3n) is 0.270. The molecule has 0 fully saturated rings. The van der Waals surface area contributed by atoms with E-state index in [4.69, 9.17) is 6.17 Å².